The number of carbonyl (C=O) groups is 3. The summed E-state index contributed by atoms with van der Waals surface area (Å²) in [5.74, 6) is -1.51. The molecule has 8 nitrogen and oxygen atoms in total. The molecule has 18 heavy (non-hydrogen) atoms. The average Bonchev–Trinajstić information content (AvgIpc) is 2.34. The smallest absolute Gasteiger partial charge is 0.342 e. The SMILES string of the molecule is O=COC(C=O)c1cccc(C(=O)O)c1[N+](=O)[O-]. The maximum absolute atomic E-state index is 10.9. The summed E-state index contributed by atoms with van der Waals surface area (Å²) in [6, 6.07) is 3.39. The predicted molar refractivity (Wildman–Crippen MR) is 56.0 cm³/mol. The zero-order valence-electron chi connectivity index (χ0n) is 8.81. The van der Waals surface area contributed by atoms with Crippen molar-refractivity contribution in [3.8, 4) is 0 Å². The topological polar surface area (TPSA) is 124 Å². The highest BCUT2D eigenvalue weighted by molar-refractivity contribution is 5.93. The molecule has 0 aromatic heterocycles. The highest BCUT2D eigenvalue weighted by Crippen LogP contribution is 2.29. The highest BCUT2D eigenvalue weighted by atomic mass is 16.6. The molecule has 0 fully saturated rings. The Morgan fingerprint density at radius 1 is 1.44 bits per heavy atom. The molecule has 1 unspecified atom stereocenters. The van der Waals surface area contributed by atoms with E-state index in [1.165, 1.54) is 6.07 Å². The third kappa shape index (κ3) is 2.48. The zero-order chi connectivity index (χ0) is 13.7. The summed E-state index contributed by atoms with van der Waals surface area (Å²) in [4.78, 5) is 41.6. The number of carboxylic acid groups (broad SMARTS) is 1. The number of para-hydroxylation sites is 1. The maximum atomic E-state index is 10.9. The van der Waals surface area contributed by atoms with Gasteiger partial charge in [0.25, 0.3) is 12.2 Å². The van der Waals surface area contributed by atoms with Gasteiger partial charge < -0.3 is 9.84 Å². The van der Waals surface area contributed by atoms with Gasteiger partial charge in [0.1, 0.15) is 5.56 Å². The number of carbonyl (C=O) groups excluding carboxylic acids is 2. The first kappa shape index (κ1) is 13.3. The molecule has 1 N–H and O–H groups in total. The first-order valence-corrected chi connectivity index (χ1v) is 4.58. The lowest BCUT2D eigenvalue weighted by Gasteiger charge is -2.10. The summed E-state index contributed by atoms with van der Waals surface area (Å²) in [6.45, 7) is -0.0454. The van der Waals surface area contributed by atoms with Crippen LogP contribution in [-0.2, 0) is 14.3 Å². The van der Waals surface area contributed by atoms with Gasteiger partial charge in [-0.2, -0.15) is 0 Å². The van der Waals surface area contributed by atoms with E-state index in [1.807, 2.05) is 0 Å². The summed E-state index contributed by atoms with van der Waals surface area (Å²) in [5, 5.41) is 19.7. The van der Waals surface area contributed by atoms with Crippen LogP contribution in [0.15, 0.2) is 18.2 Å². The average molecular weight is 253 g/mol. The molecule has 0 spiro atoms. The molecule has 0 aliphatic rings. The fourth-order valence-corrected chi connectivity index (χ4v) is 1.41. The molecule has 0 aliphatic heterocycles. The fraction of sp³-hybridized carbons (Fsp3) is 0.100. The number of nitro groups is 1. The van der Waals surface area contributed by atoms with E-state index in [0.717, 1.165) is 12.1 Å². The third-order valence-electron chi connectivity index (χ3n) is 2.11. The van der Waals surface area contributed by atoms with E-state index in [4.69, 9.17) is 5.11 Å². The molecule has 0 heterocycles. The van der Waals surface area contributed by atoms with Crippen LogP contribution in [0.1, 0.15) is 22.0 Å². The van der Waals surface area contributed by atoms with Gasteiger partial charge in [-0.15, -0.1) is 0 Å². The Kier molecular flexibility index (Phi) is 4.08. The molecule has 0 bridgehead atoms. The number of ether oxygens (including phenoxy) is 1. The van der Waals surface area contributed by atoms with Crippen molar-refractivity contribution >= 4 is 24.4 Å². The first-order chi connectivity index (χ1) is 8.52. The molecule has 0 amide bonds. The van der Waals surface area contributed by atoms with Crippen LogP contribution in [0, 0.1) is 10.1 Å². The standard InChI is InChI=1S/C10H7NO7/c12-4-8(18-5-13)6-2-1-3-7(10(14)15)9(6)11(16)17/h1-5,8H,(H,14,15). The molecule has 1 aromatic rings. The second-order valence-corrected chi connectivity index (χ2v) is 3.09. The minimum Gasteiger partial charge on any atom is -0.477 e. The highest BCUT2D eigenvalue weighted by Gasteiger charge is 2.29. The van der Waals surface area contributed by atoms with Crippen molar-refractivity contribution in [2.45, 2.75) is 6.10 Å². The van der Waals surface area contributed by atoms with E-state index in [9.17, 15) is 24.5 Å². The minimum absolute atomic E-state index is 0.0454. The Balaban J connectivity index is 3.47. The van der Waals surface area contributed by atoms with E-state index in [2.05, 4.69) is 4.74 Å². The van der Waals surface area contributed by atoms with Gasteiger partial charge >= 0.3 is 5.97 Å². The molecule has 8 heteroatoms. The van der Waals surface area contributed by atoms with Crippen LogP contribution in [-0.4, -0.2) is 28.8 Å². The Bertz CT molecular complexity index is 511. The quantitative estimate of drug-likeness (QED) is 0.449. The van der Waals surface area contributed by atoms with E-state index in [1.54, 1.807) is 0 Å². The van der Waals surface area contributed by atoms with Crippen LogP contribution in [0.25, 0.3) is 0 Å². The summed E-state index contributed by atoms with van der Waals surface area (Å²) >= 11 is 0. The lowest BCUT2D eigenvalue weighted by Crippen LogP contribution is -2.11. The molecule has 1 rings (SSSR count). The third-order valence-corrected chi connectivity index (χ3v) is 2.11. The maximum Gasteiger partial charge on any atom is 0.342 e. The normalized spacial score (nSPS) is 11.3. The predicted octanol–water partition coefficient (Wildman–Crippen LogP) is 0.706. The van der Waals surface area contributed by atoms with Crippen molar-refractivity contribution in [2.75, 3.05) is 0 Å². The molecule has 0 aliphatic carbocycles. The van der Waals surface area contributed by atoms with Crippen LogP contribution < -0.4 is 0 Å². The number of hydrogen-bond acceptors (Lipinski definition) is 6. The number of rotatable bonds is 6. The first-order valence-electron chi connectivity index (χ1n) is 4.58. The Hall–Kier alpha value is -2.77. The van der Waals surface area contributed by atoms with Crippen molar-refractivity contribution in [1.82, 2.24) is 0 Å². The van der Waals surface area contributed by atoms with E-state index >= 15 is 0 Å². The number of aldehydes is 1. The lowest BCUT2D eigenvalue weighted by atomic mass is 10.0. The van der Waals surface area contributed by atoms with E-state index < -0.39 is 28.2 Å². The van der Waals surface area contributed by atoms with Gasteiger partial charge in [0, 0.05) is 0 Å². The summed E-state index contributed by atoms with van der Waals surface area (Å²) in [7, 11) is 0. The van der Waals surface area contributed by atoms with Gasteiger partial charge in [-0.1, -0.05) is 6.07 Å². The van der Waals surface area contributed by atoms with Gasteiger partial charge in [0.05, 0.1) is 10.5 Å². The second-order valence-electron chi connectivity index (χ2n) is 3.09. The molecule has 1 atom stereocenters. The Morgan fingerprint density at radius 3 is 2.56 bits per heavy atom. The summed E-state index contributed by atoms with van der Waals surface area (Å²) in [5.41, 5.74) is -1.65. The van der Waals surface area contributed by atoms with Crippen molar-refractivity contribution in [3.63, 3.8) is 0 Å². The summed E-state index contributed by atoms with van der Waals surface area (Å²) < 4.78 is 4.36. The van der Waals surface area contributed by atoms with Gasteiger partial charge in [0.2, 0.25) is 0 Å². The molecule has 0 saturated carbocycles. The van der Waals surface area contributed by atoms with Crippen LogP contribution in [0.5, 0.6) is 0 Å². The van der Waals surface area contributed by atoms with E-state index in [0.29, 0.717) is 0 Å². The van der Waals surface area contributed by atoms with Crippen molar-refractivity contribution in [1.29, 1.82) is 0 Å². The van der Waals surface area contributed by atoms with Crippen LogP contribution in [0.2, 0.25) is 0 Å². The zero-order valence-corrected chi connectivity index (χ0v) is 8.81. The fourth-order valence-electron chi connectivity index (χ4n) is 1.41. The van der Waals surface area contributed by atoms with Gasteiger partial charge in [-0.3, -0.25) is 19.7 Å². The monoisotopic (exact) mass is 253 g/mol. The van der Waals surface area contributed by atoms with Gasteiger partial charge in [-0.05, 0) is 12.1 Å². The molecule has 0 saturated heterocycles. The second kappa shape index (κ2) is 5.53. The van der Waals surface area contributed by atoms with Crippen molar-refractivity contribution in [2.24, 2.45) is 0 Å². The van der Waals surface area contributed by atoms with Crippen LogP contribution >= 0.6 is 0 Å². The largest absolute Gasteiger partial charge is 0.477 e. The lowest BCUT2D eigenvalue weighted by molar-refractivity contribution is -0.386. The van der Waals surface area contributed by atoms with Gasteiger partial charge in [-0.25, -0.2) is 4.79 Å². The van der Waals surface area contributed by atoms with Crippen molar-refractivity contribution < 1.29 is 29.2 Å². The van der Waals surface area contributed by atoms with Crippen LogP contribution in [0.4, 0.5) is 5.69 Å². The number of benzene rings is 1. The molecule has 0 radical (unpaired) electrons. The van der Waals surface area contributed by atoms with Crippen LogP contribution in [0.3, 0.4) is 0 Å². The number of nitro benzene ring substituents is 1. The molecule has 1 aromatic carbocycles. The van der Waals surface area contributed by atoms with E-state index in [-0.39, 0.29) is 18.3 Å². The number of aromatic carboxylic acids is 1. The van der Waals surface area contributed by atoms with Gasteiger partial charge in [0.15, 0.2) is 12.4 Å². The molecular formula is C10H7NO7. The number of hydrogen-bond donors (Lipinski definition) is 1. The minimum atomic E-state index is -1.51. The number of nitrogens with zero attached hydrogens (tertiary/aromatic N) is 1. The number of carboxylic acids is 1. The Labute approximate surface area is 99.9 Å². The van der Waals surface area contributed by atoms with Crippen molar-refractivity contribution in [3.05, 3.63) is 39.4 Å². The Morgan fingerprint density at radius 2 is 2.11 bits per heavy atom. The summed E-state index contributed by atoms with van der Waals surface area (Å²) in [6.07, 6.45) is -1.34. The molecule has 94 valence electrons. The molecular weight excluding hydrogens is 246 g/mol.